The maximum absolute atomic E-state index is 12.0. The molecule has 0 atom stereocenters. The van der Waals surface area contributed by atoms with Crippen molar-refractivity contribution in [1.82, 2.24) is 14.7 Å². The summed E-state index contributed by atoms with van der Waals surface area (Å²) < 4.78 is 31.8. The minimum absolute atomic E-state index is 0.0509. The molecule has 0 saturated heterocycles. The molecule has 0 saturated carbocycles. The van der Waals surface area contributed by atoms with Gasteiger partial charge in [-0.2, -0.15) is 0 Å². The lowest BCUT2D eigenvalue weighted by Gasteiger charge is -2.12. The third kappa shape index (κ3) is 5.84. The van der Waals surface area contributed by atoms with Gasteiger partial charge in [-0.15, -0.1) is 0 Å². The normalized spacial score (nSPS) is 11.2. The van der Waals surface area contributed by atoms with Crippen molar-refractivity contribution in [2.45, 2.75) is 6.54 Å². The molecule has 0 amide bonds. The molecule has 0 aliphatic carbocycles. The van der Waals surface area contributed by atoms with Gasteiger partial charge in [0.05, 0.1) is 12.3 Å². The van der Waals surface area contributed by atoms with Gasteiger partial charge in [0.15, 0.2) is 0 Å². The Morgan fingerprint density at radius 3 is 2.61 bits per heavy atom. The Bertz CT molecular complexity index is 721. The van der Waals surface area contributed by atoms with Gasteiger partial charge in [-0.3, -0.25) is 0 Å². The minimum Gasteiger partial charge on any atom is -0.492 e. The summed E-state index contributed by atoms with van der Waals surface area (Å²) in [5, 5.41) is 0. The molecule has 7 nitrogen and oxygen atoms in total. The Morgan fingerprint density at radius 1 is 1.17 bits per heavy atom. The highest BCUT2D eigenvalue weighted by Gasteiger charge is 2.11. The van der Waals surface area contributed by atoms with E-state index in [0.29, 0.717) is 11.6 Å². The van der Waals surface area contributed by atoms with Crippen LogP contribution in [0, 0.1) is 0 Å². The maximum Gasteiger partial charge on any atom is 0.215 e. The number of para-hydroxylation sites is 1. The van der Waals surface area contributed by atoms with E-state index in [9.17, 15) is 8.42 Å². The number of nitrogens with zero attached hydrogens (tertiary/aromatic N) is 3. The molecular weight excluding hydrogens is 316 g/mol. The molecule has 0 aliphatic heterocycles. The standard InChI is InChI=1S/C15H20N4O3S/c1-19(2)15-8-9-16-14(18-15)12-17-23(20,21)11-10-22-13-6-4-3-5-7-13/h3-9,17H,10-12H2,1-2H3. The topological polar surface area (TPSA) is 84.4 Å². The Balaban J connectivity index is 1.83. The first-order valence-electron chi connectivity index (χ1n) is 7.11. The molecule has 1 aromatic heterocycles. The van der Waals surface area contributed by atoms with Crippen molar-refractivity contribution in [3.05, 3.63) is 48.4 Å². The van der Waals surface area contributed by atoms with Crippen LogP contribution in [0.4, 0.5) is 5.82 Å². The van der Waals surface area contributed by atoms with Crippen LogP contribution in [0.15, 0.2) is 42.6 Å². The summed E-state index contributed by atoms with van der Waals surface area (Å²) in [7, 11) is 0.265. The van der Waals surface area contributed by atoms with E-state index in [1.165, 1.54) is 0 Å². The van der Waals surface area contributed by atoms with Crippen molar-refractivity contribution < 1.29 is 13.2 Å². The molecule has 2 aromatic rings. The Morgan fingerprint density at radius 2 is 1.91 bits per heavy atom. The number of sulfonamides is 1. The van der Waals surface area contributed by atoms with Crippen LogP contribution >= 0.6 is 0 Å². The second-order valence-electron chi connectivity index (χ2n) is 5.03. The lowest BCUT2D eigenvalue weighted by molar-refractivity contribution is 0.340. The summed E-state index contributed by atoms with van der Waals surface area (Å²) in [6, 6.07) is 10.8. The zero-order chi connectivity index (χ0) is 16.7. The summed E-state index contributed by atoms with van der Waals surface area (Å²) in [6.07, 6.45) is 1.60. The molecule has 124 valence electrons. The number of ether oxygens (including phenoxy) is 1. The predicted octanol–water partition coefficient (Wildman–Crippen LogP) is 1.04. The molecule has 0 unspecified atom stereocenters. The number of nitrogens with one attached hydrogen (secondary N) is 1. The van der Waals surface area contributed by atoms with Crippen LogP contribution < -0.4 is 14.4 Å². The SMILES string of the molecule is CN(C)c1ccnc(CNS(=O)(=O)CCOc2ccccc2)n1. The first kappa shape index (κ1) is 17.2. The number of hydrogen-bond acceptors (Lipinski definition) is 6. The molecule has 1 heterocycles. The van der Waals surface area contributed by atoms with E-state index in [2.05, 4.69) is 14.7 Å². The third-order valence-electron chi connectivity index (χ3n) is 2.96. The second-order valence-corrected chi connectivity index (χ2v) is 6.95. The van der Waals surface area contributed by atoms with Gasteiger partial charge in [-0.25, -0.2) is 23.1 Å². The van der Waals surface area contributed by atoms with Gasteiger partial charge in [0.2, 0.25) is 10.0 Å². The molecule has 1 aromatic carbocycles. The highest BCUT2D eigenvalue weighted by Crippen LogP contribution is 2.08. The van der Waals surface area contributed by atoms with Crippen LogP contribution in [0.3, 0.4) is 0 Å². The molecule has 0 bridgehead atoms. The van der Waals surface area contributed by atoms with E-state index in [4.69, 9.17) is 4.74 Å². The fraction of sp³-hybridized carbons (Fsp3) is 0.333. The first-order valence-corrected chi connectivity index (χ1v) is 8.76. The van der Waals surface area contributed by atoms with Gasteiger partial charge in [0.25, 0.3) is 0 Å². The third-order valence-corrected chi connectivity index (χ3v) is 4.25. The minimum atomic E-state index is -3.45. The number of hydrogen-bond donors (Lipinski definition) is 1. The number of aromatic nitrogens is 2. The molecule has 8 heteroatoms. The lowest BCUT2D eigenvalue weighted by Crippen LogP contribution is -2.29. The highest BCUT2D eigenvalue weighted by atomic mass is 32.2. The van der Waals surface area contributed by atoms with Gasteiger partial charge in [0, 0.05) is 20.3 Å². The van der Waals surface area contributed by atoms with Crippen LogP contribution in [0.1, 0.15) is 5.82 Å². The quantitative estimate of drug-likeness (QED) is 0.775. The van der Waals surface area contributed by atoms with Gasteiger partial charge >= 0.3 is 0 Å². The van der Waals surface area contributed by atoms with Crippen LogP contribution in [0.5, 0.6) is 5.75 Å². The average Bonchev–Trinajstić information content (AvgIpc) is 2.54. The Labute approximate surface area is 136 Å². The van der Waals surface area contributed by atoms with Gasteiger partial charge in [-0.1, -0.05) is 18.2 Å². The van der Waals surface area contributed by atoms with Crippen LogP contribution in [0.2, 0.25) is 0 Å². The van der Waals surface area contributed by atoms with E-state index in [1.54, 1.807) is 24.4 Å². The Hall–Kier alpha value is -2.19. The fourth-order valence-electron chi connectivity index (χ4n) is 1.76. The van der Waals surface area contributed by atoms with E-state index in [0.717, 1.165) is 5.82 Å². The van der Waals surface area contributed by atoms with Gasteiger partial charge in [0.1, 0.15) is 24.0 Å². The monoisotopic (exact) mass is 336 g/mol. The smallest absolute Gasteiger partial charge is 0.215 e. The molecule has 1 N–H and O–H groups in total. The predicted molar refractivity (Wildman–Crippen MR) is 88.9 cm³/mol. The molecule has 2 rings (SSSR count). The van der Waals surface area contributed by atoms with Crippen molar-refractivity contribution >= 4 is 15.8 Å². The lowest BCUT2D eigenvalue weighted by atomic mass is 10.3. The van der Waals surface area contributed by atoms with Crippen molar-refractivity contribution in [3.63, 3.8) is 0 Å². The van der Waals surface area contributed by atoms with Crippen molar-refractivity contribution in [2.75, 3.05) is 31.4 Å². The number of benzene rings is 1. The van der Waals surface area contributed by atoms with Crippen molar-refractivity contribution in [3.8, 4) is 5.75 Å². The van der Waals surface area contributed by atoms with Gasteiger partial charge < -0.3 is 9.64 Å². The van der Waals surface area contributed by atoms with E-state index in [-0.39, 0.29) is 18.9 Å². The molecule has 0 fully saturated rings. The molecule has 0 aliphatic rings. The van der Waals surface area contributed by atoms with E-state index in [1.807, 2.05) is 37.2 Å². The Kier molecular flexibility index (Phi) is 5.89. The molecular formula is C15H20N4O3S. The summed E-state index contributed by atoms with van der Waals surface area (Å²) in [4.78, 5) is 10.1. The summed E-state index contributed by atoms with van der Waals surface area (Å²) in [6.45, 7) is 0.132. The molecule has 0 radical (unpaired) electrons. The van der Waals surface area contributed by atoms with E-state index >= 15 is 0 Å². The zero-order valence-electron chi connectivity index (χ0n) is 13.1. The van der Waals surface area contributed by atoms with Crippen molar-refractivity contribution in [1.29, 1.82) is 0 Å². The van der Waals surface area contributed by atoms with Gasteiger partial charge in [-0.05, 0) is 18.2 Å². The number of anilines is 1. The summed E-state index contributed by atoms with van der Waals surface area (Å²) >= 11 is 0. The summed E-state index contributed by atoms with van der Waals surface area (Å²) in [5.41, 5.74) is 0. The maximum atomic E-state index is 12.0. The fourth-order valence-corrected chi connectivity index (χ4v) is 2.55. The van der Waals surface area contributed by atoms with Crippen LogP contribution in [0.25, 0.3) is 0 Å². The van der Waals surface area contributed by atoms with Crippen LogP contribution in [-0.2, 0) is 16.6 Å². The largest absolute Gasteiger partial charge is 0.492 e. The molecule has 23 heavy (non-hydrogen) atoms. The summed E-state index contributed by atoms with van der Waals surface area (Å²) in [5.74, 6) is 1.66. The highest BCUT2D eigenvalue weighted by molar-refractivity contribution is 7.89. The second kappa shape index (κ2) is 7.89. The van der Waals surface area contributed by atoms with Crippen molar-refractivity contribution in [2.24, 2.45) is 0 Å². The first-order chi connectivity index (χ1) is 11.0. The average molecular weight is 336 g/mol. The number of rotatable bonds is 8. The molecule has 0 spiro atoms. The zero-order valence-corrected chi connectivity index (χ0v) is 14.0. The van der Waals surface area contributed by atoms with E-state index < -0.39 is 10.0 Å². The van der Waals surface area contributed by atoms with Crippen LogP contribution in [-0.4, -0.2) is 44.8 Å².